The van der Waals surface area contributed by atoms with Gasteiger partial charge in [-0.3, -0.25) is 0 Å². The lowest BCUT2D eigenvalue weighted by atomic mass is 10.2. The zero-order chi connectivity index (χ0) is 14.5. The van der Waals surface area contributed by atoms with Crippen LogP contribution in [-0.4, -0.2) is 19.2 Å². The van der Waals surface area contributed by atoms with Crippen LogP contribution in [0.5, 0.6) is 0 Å². The number of carbonyl (C=O) groups excluding carboxylic acids is 1. The number of rotatable bonds is 11. The van der Waals surface area contributed by atoms with E-state index in [9.17, 15) is 4.79 Å². The molecule has 0 aliphatic heterocycles. The summed E-state index contributed by atoms with van der Waals surface area (Å²) >= 11 is 0. The first-order valence-electron chi connectivity index (χ1n) is 7.10. The van der Waals surface area contributed by atoms with Crippen LogP contribution in [0.1, 0.15) is 59.8 Å². The highest BCUT2D eigenvalue weighted by Crippen LogP contribution is 2.40. The van der Waals surface area contributed by atoms with E-state index in [0.717, 1.165) is 32.1 Å². The Morgan fingerprint density at radius 1 is 1.05 bits per heavy atom. The van der Waals surface area contributed by atoms with E-state index in [-0.39, 0.29) is 5.97 Å². The summed E-state index contributed by atoms with van der Waals surface area (Å²) in [6, 6.07) is 0. The zero-order valence-electron chi connectivity index (χ0n) is 12.6. The molecule has 4 nitrogen and oxygen atoms in total. The van der Waals surface area contributed by atoms with E-state index in [1.807, 2.05) is 13.0 Å². The summed E-state index contributed by atoms with van der Waals surface area (Å²) in [6.07, 6.45) is 6.62. The second-order valence-electron chi connectivity index (χ2n) is 4.27. The Morgan fingerprint density at radius 3 is 2.00 bits per heavy atom. The molecule has 0 radical (unpaired) electrons. The predicted molar refractivity (Wildman–Crippen MR) is 78.8 cm³/mol. The van der Waals surface area contributed by atoms with Crippen molar-refractivity contribution in [2.24, 2.45) is 0 Å². The minimum atomic E-state index is -1.56. The molecule has 0 fully saturated rings. The summed E-state index contributed by atoms with van der Waals surface area (Å²) in [7, 11) is -1.56. The lowest BCUT2D eigenvalue weighted by Gasteiger charge is -2.16. The summed E-state index contributed by atoms with van der Waals surface area (Å²) in [5, 5.41) is 0. The molecule has 5 heteroatoms. The molecule has 0 aromatic rings. The fraction of sp³-hybridized carbons (Fsp3) is 0.786. The van der Waals surface area contributed by atoms with Crippen molar-refractivity contribution in [2.75, 3.05) is 13.2 Å². The Morgan fingerprint density at radius 2 is 1.58 bits per heavy atom. The van der Waals surface area contributed by atoms with E-state index in [4.69, 9.17) is 13.6 Å². The van der Waals surface area contributed by atoms with Gasteiger partial charge in [0, 0.05) is 5.57 Å². The number of hydrogen-bond donors (Lipinski definition) is 0. The standard InChI is InChI=1S/C14H27O4P/c1-5-8-11-16-19(17-12-9-6-2)18-14(15)13(4)10-7-3/h10H,5-9,11-12H2,1-4H3. The average molecular weight is 290 g/mol. The highest BCUT2D eigenvalue weighted by molar-refractivity contribution is 7.42. The molecule has 0 atom stereocenters. The molecule has 0 N–H and O–H groups in total. The smallest absolute Gasteiger partial charge is 0.391 e. The van der Waals surface area contributed by atoms with Crippen LogP contribution in [0.2, 0.25) is 0 Å². The summed E-state index contributed by atoms with van der Waals surface area (Å²) in [6.45, 7) is 9.04. The quantitative estimate of drug-likeness (QED) is 0.313. The number of allylic oxidation sites excluding steroid dienone is 1. The van der Waals surface area contributed by atoms with Gasteiger partial charge in [-0.15, -0.1) is 0 Å². The Bertz CT molecular complexity index is 256. The van der Waals surface area contributed by atoms with E-state index in [2.05, 4.69) is 13.8 Å². The molecule has 0 saturated carbocycles. The number of hydrogen-bond acceptors (Lipinski definition) is 4. The number of carbonyl (C=O) groups is 1. The second kappa shape index (κ2) is 12.6. The topological polar surface area (TPSA) is 44.8 Å². The van der Waals surface area contributed by atoms with Crippen LogP contribution in [0.3, 0.4) is 0 Å². The highest BCUT2D eigenvalue weighted by Gasteiger charge is 2.19. The number of unbranched alkanes of at least 4 members (excludes halogenated alkanes) is 2. The molecule has 0 unspecified atom stereocenters. The van der Waals surface area contributed by atoms with Crippen LogP contribution in [0.4, 0.5) is 0 Å². The molecule has 0 aliphatic carbocycles. The molecule has 0 heterocycles. The summed E-state index contributed by atoms with van der Waals surface area (Å²) in [5.74, 6) is -0.346. The third-order valence-corrected chi connectivity index (χ3v) is 3.48. The predicted octanol–water partition coefficient (Wildman–Crippen LogP) is 4.75. The minimum absolute atomic E-state index is 0.346. The lowest BCUT2D eigenvalue weighted by Crippen LogP contribution is -2.06. The lowest BCUT2D eigenvalue weighted by molar-refractivity contribution is -0.131. The largest absolute Gasteiger partial charge is 0.399 e. The van der Waals surface area contributed by atoms with Crippen molar-refractivity contribution in [2.45, 2.75) is 59.8 Å². The van der Waals surface area contributed by atoms with Crippen molar-refractivity contribution in [3.63, 3.8) is 0 Å². The Kier molecular flexibility index (Phi) is 12.3. The van der Waals surface area contributed by atoms with Crippen LogP contribution in [0.25, 0.3) is 0 Å². The third kappa shape index (κ3) is 10.1. The maximum absolute atomic E-state index is 11.8. The Labute approximate surface area is 118 Å². The van der Waals surface area contributed by atoms with Crippen molar-refractivity contribution < 1.29 is 18.4 Å². The van der Waals surface area contributed by atoms with Crippen LogP contribution >= 0.6 is 8.60 Å². The Balaban J connectivity index is 4.22. The van der Waals surface area contributed by atoms with E-state index in [0.29, 0.717) is 18.8 Å². The molecule has 0 bridgehead atoms. The van der Waals surface area contributed by atoms with E-state index in [1.54, 1.807) is 6.92 Å². The third-order valence-electron chi connectivity index (χ3n) is 2.38. The fourth-order valence-electron chi connectivity index (χ4n) is 1.19. The first-order valence-corrected chi connectivity index (χ1v) is 8.20. The van der Waals surface area contributed by atoms with Gasteiger partial charge in [0.2, 0.25) is 0 Å². The molecular weight excluding hydrogens is 263 g/mol. The SMILES string of the molecule is CCC=C(C)C(=O)OP(OCCCC)OCCCC. The molecule has 19 heavy (non-hydrogen) atoms. The normalized spacial score (nSPS) is 11.9. The van der Waals surface area contributed by atoms with Crippen LogP contribution in [-0.2, 0) is 18.4 Å². The molecule has 0 aliphatic rings. The molecule has 0 saturated heterocycles. The van der Waals surface area contributed by atoms with Gasteiger partial charge in [0.25, 0.3) is 0 Å². The van der Waals surface area contributed by atoms with Gasteiger partial charge in [-0.25, -0.2) is 4.79 Å². The molecular formula is C14H27O4P. The van der Waals surface area contributed by atoms with E-state index in [1.165, 1.54) is 0 Å². The fourth-order valence-corrected chi connectivity index (χ4v) is 2.20. The molecule has 112 valence electrons. The highest BCUT2D eigenvalue weighted by atomic mass is 31.2. The van der Waals surface area contributed by atoms with Gasteiger partial charge in [0.1, 0.15) is 0 Å². The monoisotopic (exact) mass is 290 g/mol. The van der Waals surface area contributed by atoms with Crippen molar-refractivity contribution in [3.05, 3.63) is 11.6 Å². The van der Waals surface area contributed by atoms with Crippen molar-refractivity contribution in [3.8, 4) is 0 Å². The summed E-state index contributed by atoms with van der Waals surface area (Å²) in [4.78, 5) is 11.8. The summed E-state index contributed by atoms with van der Waals surface area (Å²) < 4.78 is 16.3. The van der Waals surface area contributed by atoms with E-state index >= 15 is 0 Å². The maximum Gasteiger partial charge on any atom is 0.399 e. The van der Waals surface area contributed by atoms with E-state index < -0.39 is 8.60 Å². The first-order chi connectivity index (χ1) is 9.15. The van der Waals surface area contributed by atoms with Crippen LogP contribution in [0, 0.1) is 0 Å². The molecule has 0 amide bonds. The van der Waals surface area contributed by atoms with Gasteiger partial charge in [0.15, 0.2) is 0 Å². The van der Waals surface area contributed by atoms with Gasteiger partial charge in [-0.2, -0.15) is 0 Å². The maximum atomic E-state index is 11.8. The van der Waals surface area contributed by atoms with Crippen molar-refractivity contribution in [1.82, 2.24) is 0 Å². The van der Waals surface area contributed by atoms with Crippen molar-refractivity contribution >= 4 is 14.6 Å². The zero-order valence-corrected chi connectivity index (χ0v) is 13.5. The average Bonchev–Trinajstić information content (AvgIpc) is 2.39. The van der Waals surface area contributed by atoms with Gasteiger partial charge >= 0.3 is 14.6 Å². The van der Waals surface area contributed by atoms with Gasteiger partial charge in [-0.05, 0) is 26.2 Å². The van der Waals surface area contributed by atoms with Gasteiger partial charge in [-0.1, -0.05) is 39.7 Å². The molecule has 0 spiro atoms. The first kappa shape index (κ1) is 18.6. The van der Waals surface area contributed by atoms with Crippen LogP contribution < -0.4 is 0 Å². The molecule has 0 aromatic heterocycles. The summed E-state index contributed by atoms with van der Waals surface area (Å²) in [5.41, 5.74) is 0.605. The molecule has 0 rings (SSSR count). The van der Waals surface area contributed by atoms with Gasteiger partial charge < -0.3 is 13.6 Å². The van der Waals surface area contributed by atoms with Crippen LogP contribution in [0.15, 0.2) is 11.6 Å². The second-order valence-corrected chi connectivity index (χ2v) is 5.42. The Hall–Kier alpha value is -0.440. The van der Waals surface area contributed by atoms with Crippen molar-refractivity contribution in [1.29, 1.82) is 0 Å². The van der Waals surface area contributed by atoms with Gasteiger partial charge in [0.05, 0.1) is 13.2 Å². The molecule has 0 aromatic carbocycles. The minimum Gasteiger partial charge on any atom is -0.391 e.